The van der Waals surface area contributed by atoms with Crippen LogP contribution in [-0.2, 0) is 9.53 Å². The van der Waals surface area contributed by atoms with Gasteiger partial charge < -0.3 is 14.8 Å². The van der Waals surface area contributed by atoms with E-state index in [4.69, 9.17) is 9.47 Å². The number of nitrogens with zero attached hydrogens (tertiary/aromatic N) is 1. The first-order valence-electron chi connectivity index (χ1n) is 10.9. The zero-order valence-electron chi connectivity index (χ0n) is 18.0. The number of anilines is 1. The van der Waals surface area contributed by atoms with Gasteiger partial charge in [0.25, 0.3) is 0 Å². The summed E-state index contributed by atoms with van der Waals surface area (Å²) in [4.78, 5) is 29.0. The highest BCUT2D eigenvalue weighted by atomic mass is 16.5. The number of urea groups is 1. The Morgan fingerprint density at radius 1 is 1.03 bits per heavy atom. The van der Waals surface area contributed by atoms with Crippen LogP contribution in [0.15, 0.2) is 36.5 Å². The van der Waals surface area contributed by atoms with Crippen LogP contribution in [0, 0.1) is 12.8 Å². The maximum atomic E-state index is 12.3. The first kappa shape index (κ1) is 21.3. The number of amides is 3. The molecule has 2 aliphatic rings. The summed E-state index contributed by atoms with van der Waals surface area (Å²) in [6, 6.07) is 8.77. The predicted molar refractivity (Wildman–Crippen MR) is 117 cm³/mol. The summed E-state index contributed by atoms with van der Waals surface area (Å²) < 4.78 is 11.2. The minimum Gasteiger partial charge on any atom is -0.439 e. The molecule has 0 aliphatic heterocycles. The highest BCUT2D eigenvalue weighted by Gasteiger charge is 2.27. The minimum atomic E-state index is -0.524. The molecular weight excluding hydrogens is 394 g/mol. The highest BCUT2D eigenvalue weighted by molar-refractivity contribution is 6.01. The highest BCUT2D eigenvalue weighted by Crippen LogP contribution is 2.40. The molecule has 1 aromatic carbocycles. The number of hydrogen-bond donors (Lipinski definition) is 2. The van der Waals surface area contributed by atoms with Crippen molar-refractivity contribution < 1.29 is 19.1 Å². The van der Waals surface area contributed by atoms with Gasteiger partial charge in [-0.3, -0.25) is 10.1 Å². The van der Waals surface area contributed by atoms with Crippen LogP contribution in [0.3, 0.4) is 0 Å². The summed E-state index contributed by atoms with van der Waals surface area (Å²) in [5.74, 6) is 1.49. The molecule has 2 N–H and O–H groups in total. The second-order valence-corrected chi connectivity index (χ2v) is 8.44. The summed E-state index contributed by atoms with van der Waals surface area (Å²) in [7, 11) is 1.69. The minimum absolute atomic E-state index is 0.145. The first-order valence-corrected chi connectivity index (χ1v) is 10.9. The zero-order chi connectivity index (χ0) is 21.8. The van der Waals surface area contributed by atoms with Crippen LogP contribution < -0.4 is 15.4 Å². The molecule has 0 saturated heterocycles. The molecule has 1 aromatic heterocycles. The van der Waals surface area contributed by atoms with Crippen molar-refractivity contribution >= 4 is 17.6 Å². The summed E-state index contributed by atoms with van der Waals surface area (Å²) in [5, 5.41) is 5.18. The molecule has 1 heterocycles. The van der Waals surface area contributed by atoms with E-state index < -0.39 is 6.03 Å². The summed E-state index contributed by atoms with van der Waals surface area (Å²) in [6.07, 6.45) is 7.72. The van der Waals surface area contributed by atoms with E-state index in [-0.39, 0.29) is 17.9 Å². The number of ether oxygens (including phenoxy) is 2. The molecule has 0 spiro atoms. The van der Waals surface area contributed by atoms with Crippen LogP contribution in [0.5, 0.6) is 11.6 Å². The molecule has 3 amide bonds. The van der Waals surface area contributed by atoms with Crippen molar-refractivity contribution in [2.24, 2.45) is 5.92 Å². The number of aromatic nitrogens is 1. The Hall–Kier alpha value is -2.93. The van der Waals surface area contributed by atoms with Gasteiger partial charge in [-0.05, 0) is 80.7 Å². The van der Waals surface area contributed by atoms with Crippen molar-refractivity contribution in [3.8, 4) is 11.6 Å². The van der Waals surface area contributed by atoms with E-state index >= 15 is 0 Å². The van der Waals surface area contributed by atoms with Gasteiger partial charge in [-0.1, -0.05) is 6.07 Å². The Morgan fingerprint density at radius 2 is 1.81 bits per heavy atom. The number of carbonyl (C=O) groups is 2. The number of benzene rings is 1. The van der Waals surface area contributed by atoms with Gasteiger partial charge in [0.2, 0.25) is 11.8 Å². The molecule has 2 aliphatic carbocycles. The second kappa shape index (κ2) is 9.47. The standard InChI is InChI=1S/C24H29N3O4/c1-15-13-19(26-24(29)27-23(28)17-5-9-20(30-2)10-6-17)8-11-21(15)31-22-12-7-18(14-25-22)16-3-4-16/h7-8,11-14,16-17,20H,3-6,9-10H2,1-2H3,(H2,26,27,28,29). The van der Waals surface area contributed by atoms with Gasteiger partial charge in [0.15, 0.2) is 0 Å². The molecule has 2 aromatic rings. The van der Waals surface area contributed by atoms with Crippen molar-refractivity contribution in [3.05, 3.63) is 47.7 Å². The number of carbonyl (C=O) groups excluding carboxylic acids is 2. The third-order valence-electron chi connectivity index (χ3n) is 6.07. The van der Waals surface area contributed by atoms with E-state index in [0.717, 1.165) is 31.2 Å². The smallest absolute Gasteiger partial charge is 0.325 e. The van der Waals surface area contributed by atoms with Crippen molar-refractivity contribution in [1.82, 2.24) is 10.3 Å². The third-order valence-corrected chi connectivity index (χ3v) is 6.07. The van der Waals surface area contributed by atoms with E-state index in [1.165, 1.54) is 18.4 Å². The van der Waals surface area contributed by atoms with Gasteiger partial charge in [-0.15, -0.1) is 0 Å². The summed E-state index contributed by atoms with van der Waals surface area (Å²) >= 11 is 0. The fourth-order valence-electron chi connectivity index (χ4n) is 4.00. The maximum Gasteiger partial charge on any atom is 0.325 e. The Kier molecular flexibility index (Phi) is 6.51. The van der Waals surface area contributed by atoms with Gasteiger partial charge in [-0.2, -0.15) is 0 Å². The number of rotatable bonds is 6. The Morgan fingerprint density at radius 3 is 2.42 bits per heavy atom. The van der Waals surface area contributed by atoms with E-state index in [9.17, 15) is 9.59 Å². The Bertz CT molecular complexity index is 932. The zero-order valence-corrected chi connectivity index (χ0v) is 18.0. The lowest BCUT2D eigenvalue weighted by Crippen LogP contribution is -2.40. The van der Waals surface area contributed by atoms with Crippen LogP contribution in [0.1, 0.15) is 55.6 Å². The molecule has 0 bridgehead atoms. The average Bonchev–Trinajstić information content (AvgIpc) is 3.61. The van der Waals surface area contributed by atoms with Gasteiger partial charge in [0, 0.05) is 31.0 Å². The number of pyridine rings is 1. The molecule has 4 rings (SSSR count). The monoisotopic (exact) mass is 423 g/mol. The van der Waals surface area contributed by atoms with Gasteiger partial charge in [-0.25, -0.2) is 9.78 Å². The van der Waals surface area contributed by atoms with E-state index in [0.29, 0.717) is 23.2 Å². The molecule has 7 nitrogen and oxygen atoms in total. The molecule has 2 fully saturated rings. The molecule has 0 unspecified atom stereocenters. The second-order valence-electron chi connectivity index (χ2n) is 8.44. The van der Waals surface area contributed by atoms with Gasteiger partial charge in [0.1, 0.15) is 5.75 Å². The molecule has 0 atom stereocenters. The van der Waals surface area contributed by atoms with Crippen molar-refractivity contribution in [2.75, 3.05) is 12.4 Å². The normalized spacial score (nSPS) is 20.7. The lowest BCUT2D eigenvalue weighted by molar-refractivity contribution is -0.125. The van der Waals surface area contributed by atoms with Crippen LogP contribution in [-0.4, -0.2) is 30.1 Å². The molecule has 7 heteroatoms. The van der Waals surface area contributed by atoms with Crippen LogP contribution >= 0.6 is 0 Å². The van der Waals surface area contributed by atoms with E-state index in [1.807, 2.05) is 25.3 Å². The fourth-order valence-corrected chi connectivity index (χ4v) is 4.00. The van der Waals surface area contributed by atoms with Crippen molar-refractivity contribution in [2.45, 2.75) is 57.5 Å². The van der Waals surface area contributed by atoms with Crippen LogP contribution in [0.4, 0.5) is 10.5 Å². The maximum absolute atomic E-state index is 12.3. The fraction of sp³-hybridized carbons (Fsp3) is 0.458. The number of aryl methyl sites for hydroxylation is 1. The topological polar surface area (TPSA) is 89.5 Å². The molecular formula is C24H29N3O4. The molecule has 164 valence electrons. The SMILES string of the molecule is COC1CCC(C(=O)NC(=O)Nc2ccc(Oc3ccc(C4CC4)cn3)c(C)c2)CC1. The Labute approximate surface area is 182 Å². The number of imide groups is 1. The lowest BCUT2D eigenvalue weighted by Gasteiger charge is -2.26. The number of nitrogens with one attached hydrogen (secondary N) is 2. The molecule has 0 radical (unpaired) electrons. The van der Waals surface area contributed by atoms with E-state index in [2.05, 4.69) is 21.7 Å². The Balaban J connectivity index is 1.29. The predicted octanol–water partition coefficient (Wildman–Crippen LogP) is 4.91. The lowest BCUT2D eigenvalue weighted by atomic mass is 9.87. The van der Waals surface area contributed by atoms with Crippen LogP contribution in [0.2, 0.25) is 0 Å². The third kappa shape index (κ3) is 5.61. The van der Waals surface area contributed by atoms with Gasteiger partial charge in [0.05, 0.1) is 6.10 Å². The molecule has 2 saturated carbocycles. The average molecular weight is 424 g/mol. The van der Waals surface area contributed by atoms with Crippen LogP contribution in [0.25, 0.3) is 0 Å². The van der Waals surface area contributed by atoms with E-state index in [1.54, 1.807) is 19.2 Å². The van der Waals surface area contributed by atoms with Crippen molar-refractivity contribution in [1.29, 1.82) is 0 Å². The quantitative estimate of drug-likeness (QED) is 0.689. The number of methoxy groups -OCH3 is 1. The summed E-state index contributed by atoms with van der Waals surface area (Å²) in [5.41, 5.74) is 2.71. The van der Waals surface area contributed by atoms with Gasteiger partial charge >= 0.3 is 6.03 Å². The summed E-state index contributed by atoms with van der Waals surface area (Å²) in [6.45, 7) is 1.90. The largest absolute Gasteiger partial charge is 0.439 e. The molecule has 31 heavy (non-hydrogen) atoms. The first-order chi connectivity index (χ1) is 15.0. The van der Waals surface area contributed by atoms with Crippen molar-refractivity contribution in [3.63, 3.8) is 0 Å². The number of hydrogen-bond acceptors (Lipinski definition) is 5.